The minimum atomic E-state index is -3.60. The summed E-state index contributed by atoms with van der Waals surface area (Å²) in [7, 11) is -7.19. The predicted octanol–water partition coefficient (Wildman–Crippen LogP) is 3.78. The van der Waals surface area contributed by atoms with Crippen molar-refractivity contribution in [3.63, 3.8) is 0 Å². The summed E-state index contributed by atoms with van der Waals surface area (Å²) in [4.78, 5) is 24.1. The molecule has 4 aliphatic rings. The number of hydrogen-bond acceptors (Lipinski definition) is 9. The molecule has 9 nitrogen and oxygen atoms in total. The molecular formula is C27H30Cl2N2O7S2. The molecule has 4 unspecified atom stereocenters. The number of Topliss-reactive ketones (excluding diaryl/α,β-unsaturated/α-hetero) is 1. The minimum absolute atomic E-state index is 0.0147. The molecule has 0 N–H and O–H groups in total. The first-order valence-corrected chi connectivity index (χ1v) is 17.7. The maximum absolute atomic E-state index is 14.6. The Morgan fingerprint density at radius 3 is 1.40 bits per heavy atom. The van der Waals surface area contributed by atoms with Crippen molar-refractivity contribution in [2.24, 2.45) is 11.8 Å². The third-order valence-corrected chi connectivity index (χ3v) is 11.4. The van der Waals surface area contributed by atoms with Crippen molar-refractivity contribution in [3.05, 3.63) is 48.5 Å². The van der Waals surface area contributed by atoms with Crippen LogP contribution in [0.25, 0.3) is 0 Å². The van der Waals surface area contributed by atoms with Gasteiger partial charge < -0.3 is 0 Å². The van der Waals surface area contributed by atoms with Gasteiger partial charge in [0, 0.05) is 12.5 Å². The molecule has 2 heterocycles. The number of para-hydroxylation sites is 2. The maximum atomic E-state index is 14.6. The van der Waals surface area contributed by atoms with Crippen LogP contribution in [0.15, 0.2) is 58.3 Å². The van der Waals surface area contributed by atoms with E-state index in [9.17, 15) is 21.6 Å². The van der Waals surface area contributed by atoms with E-state index in [1.54, 1.807) is 36.4 Å². The van der Waals surface area contributed by atoms with Crippen LogP contribution in [0, 0.1) is 11.8 Å². The number of carbonyl (C=O) groups excluding carboxylic acids is 1. The molecule has 216 valence electrons. The smallest absolute Gasteiger partial charge is 0.183 e. The molecule has 2 aromatic rings. The SMILES string of the molecule is CS(=O)(=O)c1ccccc1N1CC(Cl)(C(=O)C2(Cl)CN(c3ccccc3S(C)(=O)=O)OC2C2CC2)C(C2CC2)O1. The molecule has 6 rings (SSSR count). The Morgan fingerprint density at radius 1 is 0.725 bits per heavy atom. The van der Waals surface area contributed by atoms with Gasteiger partial charge in [0.05, 0.1) is 34.3 Å². The van der Waals surface area contributed by atoms with E-state index in [1.165, 1.54) is 22.3 Å². The number of hydroxylamine groups is 2. The quantitative estimate of drug-likeness (QED) is 0.403. The van der Waals surface area contributed by atoms with Crippen molar-refractivity contribution in [3.8, 4) is 0 Å². The second kappa shape index (κ2) is 9.57. The van der Waals surface area contributed by atoms with E-state index in [1.807, 2.05) is 0 Å². The number of anilines is 2. The van der Waals surface area contributed by atoms with Crippen LogP contribution in [-0.2, 0) is 34.1 Å². The molecule has 0 radical (unpaired) electrons. The van der Waals surface area contributed by atoms with Crippen molar-refractivity contribution in [1.29, 1.82) is 0 Å². The zero-order chi connectivity index (χ0) is 28.7. The van der Waals surface area contributed by atoms with Crippen LogP contribution >= 0.6 is 23.2 Å². The van der Waals surface area contributed by atoms with Gasteiger partial charge in [0.2, 0.25) is 0 Å². The molecule has 0 aromatic heterocycles. The van der Waals surface area contributed by atoms with E-state index < -0.39 is 47.4 Å². The predicted molar refractivity (Wildman–Crippen MR) is 151 cm³/mol. The number of rotatable bonds is 8. The molecule has 2 saturated heterocycles. The number of sulfone groups is 2. The third kappa shape index (κ3) is 4.82. The highest BCUT2D eigenvalue weighted by atomic mass is 35.5. The van der Waals surface area contributed by atoms with Crippen LogP contribution < -0.4 is 10.1 Å². The second-order valence-corrected chi connectivity index (χ2v) is 16.7. The summed E-state index contributed by atoms with van der Waals surface area (Å²) in [6.07, 6.45) is 4.07. The van der Waals surface area contributed by atoms with Gasteiger partial charge >= 0.3 is 0 Å². The highest BCUT2D eigenvalue weighted by Crippen LogP contribution is 2.54. The van der Waals surface area contributed by atoms with Gasteiger partial charge in [-0.1, -0.05) is 24.3 Å². The van der Waals surface area contributed by atoms with Crippen LogP contribution in [0.1, 0.15) is 25.7 Å². The number of hydrogen-bond donors (Lipinski definition) is 0. The Bertz CT molecular complexity index is 1460. The molecule has 2 aromatic carbocycles. The summed E-state index contributed by atoms with van der Waals surface area (Å²) in [6.45, 7) is -0.209. The molecule has 0 amide bonds. The van der Waals surface area contributed by atoms with Gasteiger partial charge in [0.15, 0.2) is 35.2 Å². The largest absolute Gasteiger partial charge is 0.295 e. The highest BCUT2D eigenvalue weighted by molar-refractivity contribution is 7.91. The summed E-state index contributed by atoms with van der Waals surface area (Å²) in [5, 5.41) is 2.81. The van der Waals surface area contributed by atoms with Crippen LogP contribution in [0.5, 0.6) is 0 Å². The lowest BCUT2D eigenvalue weighted by molar-refractivity contribution is -0.127. The number of alkyl halides is 2. The third-order valence-electron chi connectivity index (χ3n) is 8.05. The number of carbonyl (C=O) groups is 1. The summed E-state index contributed by atoms with van der Waals surface area (Å²) in [5.74, 6) is -0.433. The molecule has 2 aliphatic carbocycles. The van der Waals surface area contributed by atoms with E-state index in [2.05, 4.69) is 0 Å². The van der Waals surface area contributed by atoms with Crippen molar-refractivity contribution in [1.82, 2.24) is 0 Å². The van der Waals surface area contributed by atoms with E-state index in [-0.39, 0.29) is 34.7 Å². The first-order valence-electron chi connectivity index (χ1n) is 13.1. The number of ketones is 1. The monoisotopic (exact) mass is 628 g/mol. The molecule has 0 bridgehead atoms. The Hall–Kier alpha value is -1.89. The fraction of sp³-hybridized carbons (Fsp3) is 0.519. The molecule has 2 aliphatic heterocycles. The van der Waals surface area contributed by atoms with Crippen molar-refractivity contribution < 1.29 is 31.3 Å². The lowest BCUT2D eigenvalue weighted by atomic mass is 9.82. The van der Waals surface area contributed by atoms with Crippen LogP contribution in [0.2, 0.25) is 0 Å². The Morgan fingerprint density at radius 2 is 1.07 bits per heavy atom. The fourth-order valence-electron chi connectivity index (χ4n) is 5.82. The molecule has 4 atom stereocenters. The van der Waals surface area contributed by atoms with Gasteiger partial charge in [0.1, 0.15) is 12.2 Å². The molecule has 13 heteroatoms. The van der Waals surface area contributed by atoms with Crippen molar-refractivity contribution in [2.45, 2.75) is 57.4 Å². The zero-order valence-electron chi connectivity index (χ0n) is 22.0. The van der Waals surface area contributed by atoms with E-state index in [0.29, 0.717) is 11.4 Å². The maximum Gasteiger partial charge on any atom is 0.183 e. The van der Waals surface area contributed by atoms with Gasteiger partial charge in [-0.15, -0.1) is 23.2 Å². The van der Waals surface area contributed by atoms with Gasteiger partial charge in [-0.05, 0) is 61.8 Å². The molecule has 2 saturated carbocycles. The molecule has 40 heavy (non-hydrogen) atoms. The first kappa shape index (κ1) is 28.2. The van der Waals surface area contributed by atoms with Crippen LogP contribution in [0.4, 0.5) is 11.4 Å². The lowest BCUT2D eigenvalue weighted by Gasteiger charge is -2.33. The Kier molecular flexibility index (Phi) is 6.76. The van der Waals surface area contributed by atoms with E-state index >= 15 is 0 Å². The van der Waals surface area contributed by atoms with Gasteiger partial charge in [-0.25, -0.2) is 16.8 Å². The highest BCUT2D eigenvalue weighted by Gasteiger charge is 2.68. The Balaban J connectivity index is 1.37. The zero-order valence-corrected chi connectivity index (χ0v) is 25.1. The van der Waals surface area contributed by atoms with Gasteiger partial charge in [0.25, 0.3) is 0 Å². The van der Waals surface area contributed by atoms with E-state index in [4.69, 9.17) is 32.9 Å². The van der Waals surface area contributed by atoms with Gasteiger partial charge in [-0.2, -0.15) is 0 Å². The summed E-state index contributed by atoms with van der Waals surface area (Å²) < 4.78 is 50.1. The van der Waals surface area contributed by atoms with Crippen LogP contribution in [-0.4, -0.2) is 70.2 Å². The topological polar surface area (TPSA) is 110 Å². The summed E-state index contributed by atoms with van der Waals surface area (Å²) >= 11 is 14.5. The van der Waals surface area contributed by atoms with Gasteiger partial charge in [-0.3, -0.25) is 24.6 Å². The lowest BCUT2D eigenvalue weighted by Crippen LogP contribution is -2.58. The average Bonchev–Trinajstić information content (AvgIpc) is 3.84. The molecular weight excluding hydrogens is 599 g/mol. The van der Waals surface area contributed by atoms with Crippen LogP contribution in [0.3, 0.4) is 0 Å². The summed E-state index contributed by atoms with van der Waals surface area (Å²) in [6, 6.07) is 12.9. The average molecular weight is 630 g/mol. The fourth-order valence-corrected chi connectivity index (χ4v) is 8.61. The summed E-state index contributed by atoms with van der Waals surface area (Å²) in [5.41, 5.74) is 0.611. The van der Waals surface area contributed by atoms with Crippen molar-refractivity contribution >= 4 is 60.0 Å². The number of nitrogens with zero attached hydrogens (tertiary/aromatic N) is 2. The number of halogens is 2. The Labute approximate surface area is 244 Å². The first-order chi connectivity index (χ1) is 18.7. The standard InChI is InChI=1S/C27H30Cl2N2O7S2/c1-39(33,34)21-9-5-3-7-19(21)30-15-26(28,23(37-30)17-11-12-17)25(32)27(29)16-31(38-24(27)18-13-14-18)20-8-4-6-10-22(20)40(2,35)36/h3-10,17-18,23-24H,11-16H2,1-2H3. The molecule has 0 spiro atoms. The second-order valence-electron chi connectivity index (χ2n) is 11.3. The van der Waals surface area contributed by atoms with Crippen molar-refractivity contribution in [2.75, 3.05) is 35.7 Å². The molecule has 4 fully saturated rings. The van der Waals surface area contributed by atoms with E-state index in [0.717, 1.165) is 38.2 Å². The normalized spacial score (nSPS) is 31.1. The number of benzene rings is 2. The minimum Gasteiger partial charge on any atom is -0.295 e.